The zero-order chi connectivity index (χ0) is 12.8. The van der Waals surface area contributed by atoms with E-state index in [0.29, 0.717) is 5.56 Å². The molecule has 0 aliphatic heterocycles. The second-order valence-electron chi connectivity index (χ2n) is 3.95. The van der Waals surface area contributed by atoms with E-state index < -0.39 is 22.9 Å². The largest absolute Gasteiger partial charge is 0.422 e. The van der Waals surface area contributed by atoms with E-state index in [-0.39, 0.29) is 10.9 Å². The Kier molecular flexibility index (Phi) is 2.49. The third kappa shape index (κ3) is 2.05. The number of halogens is 3. The number of aryl methyl sites for hydroxylation is 2. The maximum Gasteiger partial charge on any atom is 0.420 e. The molecule has 1 aromatic heterocycles. The molecule has 0 aliphatic carbocycles. The fourth-order valence-electron chi connectivity index (χ4n) is 1.70. The highest BCUT2D eigenvalue weighted by Gasteiger charge is 2.34. The summed E-state index contributed by atoms with van der Waals surface area (Å²) in [4.78, 5) is 11.3. The Morgan fingerprint density at radius 1 is 1.12 bits per heavy atom. The van der Waals surface area contributed by atoms with E-state index in [2.05, 4.69) is 0 Å². The highest BCUT2D eigenvalue weighted by molar-refractivity contribution is 5.81. The molecule has 0 atom stereocenters. The van der Waals surface area contributed by atoms with Crippen LogP contribution < -0.4 is 5.63 Å². The Labute approximate surface area is 94.7 Å². The number of alkyl halides is 3. The number of fused-ring (bicyclic) bond motifs is 1. The average molecular weight is 242 g/mol. The van der Waals surface area contributed by atoms with Gasteiger partial charge in [0.15, 0.2) is 5.58 Å². The van der Waals surface area contributed by atoms with Gasteiger partial charge in [-0.2, -0.15) is 13.2 Å². The SMILES string of the molecule is Cc1cc(C(F)(F)F)c2oc(=O)c(C)cc2c1. The number of hydrogen-bond donors (Lipinski definition) is 0. The molecule has 0 unspecified atom stereocenters. The lowest BCUT2D eigenvalue weighted by atomic mass is 10.1. The van der Waals surface area contributed by atoms with Crippen molar-refractivity contribution in [1.82, 2.24) is 0 Å². The van der Waals surface area contributed by atoms with Crippen molar-refractivity contribution in [3.8, 4) is 0 Å². The van der Waals surface area contributed by atoms with Gasteiger partial charge in [0.05, 0.1) is 5.56 Å². The van der Waals surface area contributed by atoms with E-state index in [0.717, 1.165) is 6.07 Å². The number of hydrogen-bond acceptors (Lipinski definition) is 2. The highest BCUT2D eigenvalue weighted by atomic mass is 19.4. The number of rotatable bonds is 0. The molecule has 5 heteroatoms. The van der Waals surface area contributed by atoms with Crippen molar-refractivity contribution in [1.29, 1.82) is 0 Å². The van der Waals surface area contributed by atoms with Crippen LogP contribution in [0.4, 0.5) is 13.2 Å². The standard InChI is InChI=1S/C12H9F3O2/c1-6-3-8-5-7(2)11(16)17-10(8)9(4-6)12(13,14)15/h3-5H,1-2H3. The van der Waals surface area contributed by atoms with Crippen LogP contribution in [0, 0.1) is 13.8 Å². The Balaban J connectivity index is 2.93. The second kappa shape index (κ2) is 3.61. The van der Waals surface area contributed by atoms with Gasteiger partial charge in [0.1, 0.15) is 0 Å². The lowest BCUT2D eigenvalue weighted by Crippen LogP contribution is -2.09. The lowest BCUT2D eigenvalue weighted by Gasteiger charge is -2.10. The monoisotopic (exact) mass is 242 g/mol. The van der Waals surface area contributed by atoms with Crippen LogP contribution in [-0.4, -0.2) is 0 Å². The summed E-state index contributed by atoms with van der Waals surface area (Å²) in [7, 11) is 0. The number of benzene rings is 1. The zero-order valence-corrected chi connectivity index (χ0v) is 9.18. The third-order valence-corrected chi connectivity index (χ3v) is 2.46. The summed E-state index contributed by atoms with van der Waals surface area (Å²) < 4.78 is 43.0. The predicted molar refractivity (Wildman–Crippen MR) is 57.0 cm³/mol. The van der Waals surface area contributed by atoms with Crippen molar-refractivity contribution in [2.75, 3.05) is 0 Å². The summed E-state index contributed by atoms with van der Waals surface area (Å²) in [6.45, 7) is 3.07. The first kappa shape index (κ1) is 11.7. The minimum atomic E-state index is -4.53. The fourth-order valence-corrected chi connectivity index (χ4v) is 1.70. The maximum atomic E-state index is 12.8. The molecule has 0 amide bonds. The van der Waals surface area contributed by atoms with Crippen molar-refractivity contribution in [2.24, 2.45) is 0 Å². The van der Waals surface area contributed by atoms with Crippen molar-refractivity contribution in [2.45, 2.75) is 20.0 Å². The van der Waals surface area contributed by atoms with Crippen LogP contribution in [0.5, 0.6) is 0 Å². The summed E-state index contributed by atoms with van der Waals surface area (Å²) in [6, 6.07) is 3.94. The first-order valence-electron chi connectivity index (χ1n) is 4.91. The van der Waals surface area contributed by atoms with E-state index in [1.807, 2.05) is 0 Å². The molecular weight excluding hydrogens is 233 g/mol. The van der Waals surface area contributed by atoms with Crippen molar-refractivity contribution in [3.63, 3.8) is 0 Å². The van der Waals surface area contributed by atoms with Gasteiger partial charge in [0.25, 0.3) is 0 Å². The molecule has 17 heavy (non-hydrogen) atoms. The van der Waals surface area contributed by atoms with Gasteiger partial charge in [-0.25, -0.2) is 4.79 Å². The van der Waals surface area contributed by atoms with E-state index in [4.69, 9.17) is 4.42 Å². The van der Waals surface area contributed by atoms with E-state index in [1.165, 1.54) is 13.0 Å². The molecule has 1 heterocycles. The van der Waals surface area contributed by atoms with Crippen molar-refractivity contribution >= 4 is 11.0 Å². The summed E-state index contributed by atoms with van der Waals surface area (Å²) in [6.07, 6.45) is -4.53. The molecule has 0 saturated carbocycles. The van der Waals surface area contributed by atoms with Crippen LogP contribution in [0.3, 0.4) is 0 Å². The van der Waals surface area contributed by atoms with Gasteiger partial charge in [0, 0.05) is 10.9 Å². The minimum Gasteiger partial charge on any atom is -0.422 e. The maximum absolute atomic E-state index is 12.8. The molecule has 0 radical (unpaired) electrons. The molecule has 0 N–H and O–H groups in total. The van der Waals surface area contributed by atoms with Crippen LogP contribution in [0.1, 0.15) is 16.7 Å². The fraction of sp³-hybridized carbons (Fsp3) is 0.250. The molecular formula is C12H9F3O2. The molecule has 0 saturated heterocycles. The quantitative estimate of drug-likeness (QED) is 0.662. The Bertz CT molecular complexity index is 638. The molecule has 2 rings (SSSR count). The minimum absolute atomic E-state index is 0.287. The van der Waals surface area contributed by atoms with Crippen LogP contribution in [-0.2, 0) is 6.18 Å². The normalized spacial score (nSPS) is 12.1. The Morgan fingerprint density at radius 2 is 1.76 bits per heavy atom. The Hall–Kier alpha value is -1.78. The summed E-state index contributed by atoms with van der Waals surface area (Å²) in [5.74, 6) is 0. The zero-order valence-electron chi connectivity index (χ0n) is 9.18. The van der Waals surface area contributed by atoms with Gasteiger partial charge in [-0.3, -0.25) is 0 Å². The average Bonchev–Trinajstić information content (AvgIpc) is 2.18. The van der Waals surface area contributed by atoms with Gasteiger partial charge >= 0.3 is 11.8 Å². The predicted octanol–water partition coefficient (Wildman–Crippen LogP) is 3.43. The molecule has 0 aliphatic rings. The van der Waals surface area contributed by atoms with Gasteiger partial charge in [-0.15, -0.1) is 0 Å². The van der Waals surface area contributed by atoms with E-state index in [9.17, 15) is 18.0 Å². The van der Waals surface area contributed by atoms with Crippen molar-refractivity contribution in [3.05, 3.63) is 45.3 Å². The molecule has 0 spiro atoms. The van der Waals surface area contributed by atoms with E-state index in [1.54, 1.807) is 13.0 Å². The Morgan fingerprint density at radius 3 is 2.35 bits per heavy atom. The summed E-state index contributed by atoms with van der Waals surface area (Å²) >= 11 is 0. The first-order chi connectivity index (χ1) is 7.79. The van der Waals surface area contributed by atoms with Gasteiger partial charge in [-0.1, -0.05) is 0 Å². The van der Waals surface area contributed by atoms with Crippen molar-refractivity contribution < 1.29 is 17.6 Å². The van der Waals surface area contributed by atoms with Crippen LogP contribution in [0.25, 0.3) is 11.0 Å². The summed E-state index contributed by atoms with van der Waals surface area (Å²) in [5.41, 5.74) is -1.30. The van der Waals surface area contributed by atoms with Crippen LogP contribution in [0.15, 0.2) is 27.4 Å². The highest BCUT2D eigenvalue weighted by Crippen LogP contribution is 2.35. The topological polar surface area (TPSA) is 30.2 Å². The van der Waals surface area contributed by atoms with Crippen LogP contribution >= 0.6 is 0 Å². The molecule has 90 valence electrons. The molecule has 1 aromatic carbocycles. The first-order valence-corrected chi connectivity index (χ1v) is 4.91. The van der Waals surface area contributed by atoms with Gasteiger partial charge in [-0.05, 0) is 37.6 Å². The van der Waals surface area contributed by atoms with Gasteiger partial charge < -0.3 is 4.42 Å². The van der Waals surface area contributed by atoms with Crippen LogP contribution in [0.2, 0.25) is 0 Å². The molecule has 2 aromatic rings. The smallest absolute Gasteiger partial charge is 0.420 e. The molecule has 0 fully saturated rings. The molecule has 0 bridgehead atoms. The lowest BCUT2D eigenvalue weighted by molar-refractivity contribution is -0.136. The van der Waals surface area contributed by atoms with E-state index >= 15 is 0 Å². The summed E-state index contributed by atoms with van der Waals surface area (Å²) in [5, 5.41) is 0.287. The third-order valence-electron chi connectivity index (χ3n) is 2.46. The second-order valence-corrected chi connectivity index (χ2v) is 3.95. The molecule has 2 nitrogen and oxygen atoms in total. The van der Waals surface area contributed by atoms with Gasteiger partial charge in [0.2, 0.25) is 0 Å².